The number of likely N-dealkylation sites (tertiary alicyclic amines) is 1. The molecule has 1 aliphatic heterocycles. The maximum Gasteiger partial charge on any atom is 0.226 e. The Morgan fingerprint density at radius 2 is 2.00 bits per heavy atom. The number of hydrogen-bond donors (Lipinski definition) is 1. The smallest absolute Gasteiger partial charge is 0.226 e. The van der Waals surface area contributed by atoms with Crippen molar-refractivity contribution in [3.05, 3.63) is 24.3 Å². The summed E-state index contributed by atoms with van der Waals surface area (Å²) in [5.74, 6) is 2.12. The Morgan fingerprint density at radius 3 is 2.57 bits per heavy atom. The summed E-state index contributed by atoms with van der Waals surface area (Å²) >= 11 is 0. The summed E-state index contributed by atoms with van der Waals surface area (Å²) in [5, 5.41) is 0. The van der Waals surface area contributed by atoms with E-state index >= 15 is 0 Å². The lowest BCUT2D eigenvalue weighted by Gasteiger charge is -2.21. The largest absolute Gasteiger partial charge is 0.497 e. The number of ether oxygens (including phenoxy) is 2. The van der Waals surface area contributed by atoms with Crippen molar-refractivity contribution in [3.63, 3.8) is 0 Å². The second kappa shape index (κ2) is 7.31. The lowest BCUT2D eigenvalue weighted by Crippen LogP contribution is -2.35. The van der Waals surface area contributed by atoms with Gasteiger partial charge in [-0.25, -0.2) is 0 Å². The molecule has 0 aromatic heterocycles. The van der Waals surface area contributed by atoms with Gasteiger partial charge in [0, 0.05) is 12.6 Å². The van der Waals surface area contributed by atoms with Crippen LogP contribution >= 0.6 is 0 Å². The quantitative estimate of drug-likeness (QED) is 0.866. The fourth-order valence-corrected chi connectivity index (χ4v) is 2.73. The van der Waals surface area contributed by atoms with Crippen LogP contribution in [0.4, 0.5) is 0 Å². The van der Waals surface area contributed by atoms with Crippen molar-refractivity contribution in [2.75, 3.05) is 26.8 Å². The number of methoxy groups -OCH3 is 1. The van der Waals surface area contributed by atoms with Gasteiger partial charge in [-0.15, -0.1) is 0 Å². The second-order valence-electron chi connectivity index (χ2n) is 5.51. The van der Waals surface area contributed by atoms with E-state index in [1.165, 1.54) is 0 Å². The van der Waals surface area contributed by atoms with Crippen LogP contribution in [0.5, 0.6) is 11.5 Å². The topological polar surface area (TPSA) is 64.8 Å². The van der Waals surface area contributed by atoms with Gasteiger partial charge in [0.05, 0.1) is 20.1 Å². The van der Waals surface area contributed by atoms with Crippen molar-refractivity contribution in [1.29, 1.82) is 0 Å². The highest BCUT2D eigenvalue weighted by Gasteiger charge is 2.31. The van der Waals surface area contributed by atoms with Gasteiger partial charge in [0.2, 0.25) is 5.91 Å². The van der Waals surface area contributed by atoms with Crippen LogP contribution in [0, 0.1) is 5.92 Å². The van der Waals surface area contributed by atoms with Crippen LogP contribution < -0.4 is 15.2 Å². The predicted octanol–water partition coefficient (Wildman–Crippen LogP) is 1.66. The SMILES string of the molecule is COc1ccc(OCCC(=O)N2CC(CN)CC2C)cc1. The Kier molecular flexibility index (Phi) is 5.44. The molecular formula is C16H24N2O3. The molecule has 1 fully saturated rings. The number of benzene rings is 1. The number of hydrogen-bond acceptors (Lipinski definition) is 4. The van der Waals surface area contributed by atoms with E-state index in [2.05, 4.69) is 6.92 Å². The molecule has 0 saturated carbocycles. The number of nitrogens with two attached hydrogens (primary N) is 1. The first-order valence-electron chi connectivity index (χ1n) is 7.40. The minimum Gasteiger partial charge on any atom is -0.497 e. The van der Waals surface area contributed by atoms with E-state index in [9.17, 15) is 4.79 Å². The van der Waals surface area contributed by atoms with Crippen molar-refractivity contribution in [2.45, 2.75) is 25.8 Å². The van der Waals surface area contributed by atoms with Gasteiger partial charge in [-0.2, -0.15) is 0 Å². The molecule has 1 aromatic carbocycles. The molecule has 0 bridgehead atoms. The van der Waals surface area contributed by atoms with Crippen molar-refractivity contribution in [1.82, 2.24) is 4.90 Å². The molecule has 1 heterocycles. The Balaban J connectivity index is 1.76. The van der Waals surface area contributed by atoms with Gasteiger partial charge in [-0.3, -0.25) is 4.79 Å². The fourth-order valence-electron chi connectivity index (χ4n) is 2.73. The molecule has 2 unspecified atom stereocenters. The summed E-state index contributed by atoms with van der Waals surface area (Å²) in [5.41, 5.74) is 5.69. The van der Waals surface area contributed by atoms with Gasteiger partial charge in [-0.1, -0.05) is 0 Å². The number of carbonyl (C=O) groups is 1. The van der Waals surface area contributed by atoms with E-state index < -0.39 is 0 Å². The lowest BCUT2D eigenvalue weighted by atomic mass is 10.1. The van der Waals surface area contributed by atoms with Gasteiger partial charge >= 0.3 is 0 Å². The van der Waals surface area contributed by atoms with Crippen LogP contribution in [0.2, 0.25) is 0 Å². The number of carbonyl (C=O) groups excluding carboxylic acids is 1. The third kappa shape index (κ3) is 4.11. The van der Waals surface area contributed by atoms with Gasteiger partial charge in [-0.05, 0) is 50.1 Å². The zero-order chi connectivity index (χ0) is 15.2. The van der Waals surface area contributed by atoms with Gasteiger partial charge in [0.1, 0.15) is 11.5 Å². The summed E-state index contributed by atoms with van der Waals surface area (Å²) in [6.07, 6.45) is 1.40. The van der Waals surface area contributed by atoms with E-state index in [-0.39, 0.29) is 11.9 Å². The molecule has 1 saturated heterocycles. The molecule has 0 aliphatic carbocycles. The zero-order valence-electron chi connectivity index (χ0n) is 12.7. The molecule has 2 N–H and O–H groups in total. The van der Waals surface area contributed by atoms with E-state index in [1.54, 1.807) is 7.11 Å². The van der Waals surface area contributed by atoms with Crippen molar-refractivity contribution >= 4 is 5.91 Å². The summed E-state index contributed by atoms with van der Waals surface area (Å²) in [6, 6.07) is 7.64. The van der Waals surface area contributed by atoms with Crippen LogP contribution in [-0.4, -0.2) is 43.7 Å². The summed E-state index contributed by atoms with van der Waals surface area (Å²) < 4.78 is 10.7. The third-order valence-electron chi connectivity index (χ3n) is 3.96. The first kappa shape index (κ1) is 15.6. The molecule has 1 aromatic rings. The van der Waals surface area contributed by atoms with Crippen molar-refractivity contribution < 1.29 is 14.3 Å². The fraction of sp³-hybridized carbons (Fsp3) is 0.562. The first-order chi connectivity index (χ1) is 10.1. The molecule has 0 radical (unpaired) electrons. The molecule has 116 valence electrons. The van der Waals surface area contributed by atoms with Crippen molar-refractivity contribution in [2.24, 2.45) is 11.7 Å². The molecule has 2 atom stereocenters. The van der Waals surface area contributed by atoms with Gasteiger partial charge in [0.25, 0.3) is 0 Å². The number of rotatable bonds is 6. The van der Waals surface area contributed by atoms with Crippen LogP contribution in [0.1, 0.15) is 19.8 Å². The molecule has 5 nitrogen and oxygen atoms in total. The minimum absolute atomic E-state index is 0.145. The first-order valence-corrected chi connectivity index (χ1v) is 7.40. The highest BCUT2D eigenvalue weighted by atomic mass is 16.5. The predicted molar refractivity (Wildman–Crippen MR) is 81.4 cm³/mol. The maximum atomic E-state index is 12.2. The summed E-state index contributed by atoms with van der Waals surface area (Å²) in [6.45, 7) is 3.90. The van der Waals surface area contributed by atoms with Gasteiger partial charge in [0.15, 0.2) is 0 Å². The lowest BCUT2D eigenvalue weighted by molar-refractivity contribution is -0.132. The Bertz CT molecular complexity index is 461. The maximum absolute atomic E-state index is 12.2. The average molecular weight is 292 g/mol. The molecule has 21 heavy (non-hydrogen) atoms. The second-order valence-corrected chi connectivity index (χ2v) is 5.51. The third-order valence-corrected chi connectivity index (χ3v) is 3.96. The highest BCUT2D eigenvalue weighted by Crippen LogP contribution is 2.23. The molecule has 0 spiro atoms. The number of amides is 1. The molecule has 1 aliphatic rings. The molecular weight excluding hydrogens is 268 g/mol. The van der Waals surface area contributed by atoms with E-state index in [4.69, 9.17) is 15.2 Å². The van der Waals surface area contributed by atoms with E-state index in [0.717, 1.165) is 24.5 Å². The monoisotopic (exact) mass is 292 g/mol. The molecule has 1 amide bonds. The van der Waals surface area contributed by atoms with E-state index in [0.29, 0.717) is 25.5 Å². The van der Waals surface area contributed by atoms with E-state index in [1.807, 2.05) is 29.2 Å². The minimum atomic E-state index is 0.145. The normalized spacial score (nSPS) is 21.4. The van der Waals surface area contributed by atoms with Crippen LogP contribution in [0.25, 0.3) is 0 Å². The van der Waals surface area contributed by atoms with Crippen molar-refractivity contribution in [3.8, 4) is 11.5 Å². The van der Waals surface area contributed by atoms with Crippen LogP contribution in [0.3, 0.4) is 0 Å². The Hall–Kier alpha value is -1.75. The van der Waals surface area contributed by atoms with Crippen LogP contribution in [-0.2, 0) is 4.79 Å². The van der Waals surface area contributed by atoms with Crippen LogP contribution in [0.15, 0.2) is 24.3 Å². The molecule has 2 rings (SSSR count). The zero-order valence-corrected chi connectivity index (χ0v) is 12.7. The van der Waals surface area contributed by atoms with Gasteiger partial charge < -0.3 is 20.1 Å². The Morgan fingerprint density at radius 1 is 1.33 bits per heavy atom. The Labute approximate surface area is 126 Å². The highest BCUT2D eigenvalue weighted by molar-refractivity contribution is 5.77. The summed E-state index contributed by atoms with van der Waals surface area (Å²) in [4.78, 5) is 14.1. The average Bonchev–Trinajstić information content (AvgIpc) is 2.89. The standard InChI is InChI=1S/C16H24N2O3/c1-12-9-13(10-17)11-18(12)16(19)7-8-21-15-5-3-14(20-2)4-6-15/h3-6,12-13H,7-11,17H2,1-2H3. The summed E-state index contributed by atoms with van der Waals surface area (Å²) in [7, 11) is 1.63. The number of nitrogens with zero attached hydrogens (tertiary/aromatic N) is 1. The molecule has 5 heteroatoms.